The van der Waals surface area contributed by atoms with Gasteiger partial charge in [0.15, 0.2) is 0 Å². The highest BCUT2D eigenvalue weighted by Gasteiger charge is 2.37. The van der Waals surface area contributed by atoms with Gasteiger partial charge in [0.05, 0.1) is 5.57 Å². The summed E-state index contributed by atoms with van der Waals surface area (Å²) in [5, 5.41) is 7.34. The third-order valence-electron chi connectivity index (χ3n) is 4.82. The Bertz CT molecular complexity index is 1110. The van der Waals surface area contributed by atoms with Gasteiger partial charge in [-0.2, -0.15) is 11.3 Å². The summed E-state index contributed by atoms with van der Waals surface area (Å²) in [5.74, 6) is 0.467. The lowest BCUT2D eigenvalue weighted by Gasteiger charge is -2.42. The SMILES string of the molecule is Fc1cccc(N2C3=C(Cc4cc(F)ccc4O3)C(=S)NC2c2ccsc2)c1. The summed E-state index contributed by atoms with van der Waals surface area (Å²) in [7, 11) is 0. The molecule has 3 nitrogen and oxygen atoms in total. The summed E-state index contributed by atoms with van der Waals surface area (Å²) < 4.78 is 33.9. The number of ether oxygens (including phenoxy) is 1. The first-order chi connectivity index (χ1) is 13.6. The minimum Gasteiger partial charge on any atom is -0.440 e. The number of halogens is 2. The van der Waals surface area contributed by atoms with Crippen molar-refractivity contribution in [3.05, 3.63) is 93.5 Å². The molecule has 7 heteroatoms. The number of thiocarbonyl (C=S) groups is 1. The number of nitrogens with one attached hydrogen (secondary N) is 1. The molecule has 1 unspecified atom stereocenters. The van der Waals surface area contributed by atoms with Crippen LogP contribution in [0.15, 0.2) is 70.7 Å². The van der Waals surface area contributed by atoms with Crippen molar-refractivity contribution in [2.75, 3.05) is 4.90 Å². The van der Waals surface area contributed by atoms with Gasteiger partial charge in [0, 0.05) is 23.2 Å². The number of rotatable bonds is 2. The lowest BCUT2D eigenvalue weighted by atomic mass is 9.98. The molecule has 1 N–H and O–H groups in total. The van der Waals surface area contributed by atoms with E-state index in [4.69, 9.17) is 17.0 Å². The van der Waals surface area contributed by atoms with Crippen LogP contribution in [-0.2, 0) is 6.42 Å². The maximum Gasteiger partial charge on any atom is 0.208 e. The topological polar surface area (TPSA) is 24.5 Å². The largest absolute Gasteiger partial charge is 0.440 e. The molecule has 0 radical (unpaired) electrons. The average molecular weight is 412 g/mol. The van der Waals surface area contributed by atoms with Crippen LogP contribution in [0.1, 0.15) is 17.3 Å². The van der Waals surface area contributed by atoms with Crippen LogP contribution in [0, 0.1) is 11.6 Å². The molecule has 0 saturated carbocycles. The fourth-order valence-corrected chi connectivity index (χ4v) is 4.49. The monoisotopic (exact) mass is 412 g/mol. The summed E-state index contributed by atoms with van der Waals surface area (Å²) in [5.41, 5.74) is 3.13. The highest BCUT2D eigenvalue weighted by atomic mass is 32.1. The molecule has 2 aliphatic heterocycles. The number of nitrogens with zero attached hydrogens (tertiary/aromatic N) is 1. The Hall–Kier alpha value is -2.77. The number of anilines is 1. The molecule has 1 atom stereocenters. The minimum atomic E-state index is -0.338. The molecule has 2 aliphatic rings. The van der Waals surface area contributed by atoms with Crippen molar-refractivity contribution < 1.29 is 13.5 Å². The number of fused-ring (bicyclic) bond motifs is 1. The Balaban J connectivity index is 1.67. The van der Waals surface area contributed by atoms with Gasteiger partial charge in [-0.05, 0) is 53.2 Å². The van der Waals surface area contributed by atoms with Crippen LogP contribution < -0.4 is 15.0 Å². The zero-order valence-electron chi connectivity index (χ0n) is 14.5. The van der Waals surface area contributed by atoms with Crippen molar-refractivity contribution in [2.24, 2.45) is 0 Å². The van der Waals surface area contributed by atoms with Crippen LogP contribution in [0.2, 0.25) is 0 Å². The minimum absolute atomic E-state index is 0.320. The fourth-order valence-electron chi connectivity index (χ4n) is 3.54. The number of thiophene rings is 1. The summed E-state index contributed by atoms with van der Waals surface area (Å²) in [4.78, 5) is 2.46. The third-order valence-corrected chi connectivity index (χ3v) is 5.88. The van der Waals surface area contributed by atoms with Gasteiger partial charge < -0.3 is 10.1 Å². The van der Waals surface area contributed by atoms with E-state index < -0.39 is 0 Å². The van der Waals surface area contributed by atoms with Gasteiger partial charge >= 0.3 is 0 Å². The molecular formula is C21H14F2N2OS2. The summed E-state index contributed by atoms with van der Waals surface area (Å²) in [6.07, 6.45) is 0.109. The molecule has 2 aromatic carbocycles. The molecule has 5 rings (SSSR count). The van der Waals surface area contributed by atoms with E-state index in [0.29, 0.717) is 28.7 Å². The molecule has 1 aromatic heterocycles. The third kappa shape index (κ3) is 2.87. The molecule has 0 fully saturated rings. The van der Waals surface area contributed by atoms with Crippen molar-refractivity contribution in [3.8, 4) is 5.75 Å². The standard InChI is InChI=1S/C21H14F2N2OS2/c22-14-2-1-3-16(10-14)25-19(12-6-7-28-11-12)24-20(27)17-9-13-8-15(23)4-5-18(13)26-21(17)25/h1-8,10-11,19H,9H2,(H,24,27). The van der Waals surface area contributed by atoms with E-state index in [1.54, 1.807) is 23.5 Å². The van der Waals surface area contributed by atoms with Crippen LogP contribution in [0.25, 0.3) is 0 Å². The van der Waals surface area contributed by atoms with Crippen LogP contribution in [0.3, 0.4) is 0 Å². The predicted octanol–water partition coefficient (Wildman–Crippen LogP) is 5.31. The quantitative estimate of drug-likeness (QED) is 0.577. The number of hydrogen-bond acceptors (Lipinski definition) is 4. The van der Waals surface area contributed by atoms with Gasteiger partial charge in [0.25, 0.3) is 0 Å². The van der Waals surface area contributed by atoms with E-state index in [1.807, 2.05) is 27.8 Å². The first kappa shape index (κ1) is 17.3. The Morgan fingerprint density at radius 2 is 1.96 bits per heavy atom. The van der Waals surface area contributed by atoms with Gasteiger partial charge in [-0.3, -0.25) is 4.90 Å². The number of benzene rings is 2. The Kier molecular flexibility index (Phi) is 4.14. The lowest BCUT2D eigenvalue weighted by molar-refractivity contribution is 0.358. The van der Waals surface area contributed by atoms with E-state index in [-0.39, 0.29) is 17.8 Å². The molecule has 0 amide bonds. The summed E-state index contributed by atoms with van der Waals surface area (Å²) >= 11 is 7.18. The van der Waals surface area contributed by atoms with Crippen LogP contribution in [0.5, 0.6) is 5.75 Å². The van der Waals surface area contributed by atoms with Crippen LogP contribution in [-0.4, -0.2) is 4.99 Å². The Morgan fingerprint density at radius 1 is 1.11 bits per heavy atom. The highest BCUT2D eigenvalue weighted by molar-refractivity contribution is 7.80. The van der Waals surface area contributed by atoms with Gasteiger partial charge in [-0.25, -0.2) is 8.78 Å². The maximum atomic E-state index is 14.0. The zero-order valence-corrected chi connectivity index (χ0v) is 16.1. The van der Waals surface area contributed by atoms with Crippen molar-refractivity contribution in [1.29, 1.82) is 0 Å². The fraction of sp³-hybridized carbons (Fsp3) is 0.0952. The predicted molar refractivity (Wildman–Crippen MR) is 109 cm³/mol. The second-order valence-corrected chi connectivity index (χ2v) is 7.79. The van der Waals surface area contributed by atoms with Crippen LogP contribution in [0.4, 0.5) is 14.5 Å². The Labute approximate surface area is 169 Å². The molecule has 3 aromatic rings. The smallest absolute Gasteiger partial charge is 0.208 e. The molecule has 0 bridgehead atoms. The van der Waals surface area contributed by atoms with E-state index in [0.717, 1.165) is 16.7 Å². The second kappa shape index (κ2) is 6.68. The number of hydrogen-bond donors (Lipinski definition) is 1. The maximum absolute atomic E-state index is 14.0. The van der Waals surface area contributed by atoms with E-state index in [2.05, 4.69) is 5.32 Å². The van der Waals surface area contributed by atoms with E-state index >= 15 is 0 Å². The first-order valence-corrected chi connectivity index (χ1v) is 10.0. The van der Waals surface area contributed by atoms with Gasteiger partial charge in [0.1, 0.15) is 28.5 Å². The molecule has 0 aliphatic carbocycles. The first-order valence-electron chi connectivity index (χ1n) is 8.67. The van der Waals surface area contributed by atoms with Gasteiger partial charge in [-0.15, -0.1) is 0 Å². The van der Waals surface area contributed by atoms with Gasteiger partial charge in [0.2, 0.25) is 5.88 Å². The molecule has 3 heterocycles. The second-order valence-electron chi connectivity index (χ2n) is 6.60. The average Bonchev–Trinajstić information content (AvgIpc) is 3.21. The summed E-state index contributed by atoms with van der Waals surface area (Å²) in [6.45, 7) is 0. The van der Waals surface area contributed by atoms with E-state index in [1.165, 1.54) is 24.3 Å². The Morgan fingerprint density at radius 3 is 2.75 bits per heavy atom. The van der Waals surface area contributed by atoms with Crippen molar-refractivity contribution in [2.45, 2.75) is 12.6 Å². The molecule has 28 heavy (non-hydrogen) atoms. The summed E-state index contributed by atoms with van der Waals surface area (Å²) in [6, 6.07) is 12.8. The van der Waals surface area contributed by atoms with Crippen molar-refractivity contribution >= 4 is 34.2 Å². The van der Waals surface area contributed by atoms with Crippen molar-refractivity contribution in [3.63, 3.8) is 0 Å². The van der Waals surface area contributed by atoms with E-state index in [9.17, 15) is 8.78 Å². The molecule has 140 valence electrons. The zero-order chi connectivity index (χ0) is 19.3. The van der Waals surface area contributed by atoms with Crippen LogP contribution >= 0.6 is 23.6 Å². The molecule has 0 spiro atoms. The van der Waals surface area contributed by atoms with Crippen molar-refractivity contribution in [1.82, 2.24) is 5.32 Å². The molecule has 0 saturated heterocycles. The van der Waals surface area contributed by atoms with Gasteiger partial charge in [-0.1, -0.05) is 18.3 Å². The highest BCUT2D eigenvalue weighted by Crippen LogP contribution is 2.41. The normalized spacial score (nSPS) is 18.3. The molecular weight excluding hydrogens is 398 g/mol. The lowest BCUT2D eigenvalue weighted by Crippen LogP contribution is -2.49.